The van der Waals surface area contributed by atoms with Crippen LogP contribution in [0.25, 0.3) is 0 Å². The van der Waals surface area contributed by atoms with Crippen LogP contribution in [0.3, 0.4) is 0 Å². The fraction of sp³-hybridized carbons (Fsp3) is 0.438. The molecule has 1 fully saturated rings. The van der Waals surface area contributed by atoms with Gasteiger partial charge in [0.2, 0.25) is 0 Å². The molecule has 6 nitrogen and oxygen atoms in total. The zero-order chi connectivity index (χ0) is 16.1. The summed E-state index contributed by atoms with van der Waals surface area (Å²) in [6.45, 7) is 3.34. The summed E-state index contributed by atoms with van der Waals surface area (Å²) in [7, 11) is 0. The first-order valence-electron chi connectivity index (χ1n) is 7.77. The number of amides is 2. The molecule has 3 heterocycles. The number of nitrogens with one attached hydrogen (secondary N) is 1. The average Bonchev–Trinajstić information content (AvgIpc) is 3.25. The molecular formula is C16H20N4O2S. The monoisotopic (exact) mass is 332 g/mol. The van der Waals surface area contributed by atoms with Gasteiger partial charge in [0.05, 0.1) is 18.8 Å². The number of thiazole rings is 1. The molecule has 2 aromatic heterocycles. The van der Waals surface area contributed by atoms with Crippen molar-refractivity contribution in [2.45, 2.75) is 31.9 Å². The van der Waals surface area contributed by atoms with Crippen molar-refractivity contribution in [2.24, 2.45) is 0 Å². The average molecular weight is 332 g/mol. The molecule has 2 atom stereocenters. The number of pyridine rings is 1. The zero-order valence-electron chi connectivity index (χ0n) is 13.0. The molecule has 3 rings (SSSR count). The normalized spacial score (nSPS) is 18.7. The quantitative estimate of drug-likeness (QED) is 0.914. The maximum atomic E-state index is 12.4. The van der Waals surface area contributed by atoms with Gasteiger partial charge in [0.1, 0.15) is 16.9 Å². The highest BCUT2D eigenvalue weighted by Gasteiger charge is 2.29. The van der Waals surface area contributed by atoms with Crippen LogP contribution >= 0.6 is 11.3 Å². The maximum absolute atomic E-state index is 12.4. The number of aromatic nitrogens is 2. The molecule has 2 unspecified atom stereocenters. The van der Waals surface area contributed by atoms with Gasteiger partial charge in [0.25, 0.3) is 0 Å². The summed E-state index contributed by atoms with van der Waals surface area (Å²) in [5.41, 5.74) is 0. The Hall–Kier alpha value is -2.15. The van der Waals surface area contributed by atoms with Gasteiger partial charge in [0.15, 0.2) is 0 Å². The van der Waals surface area contributed by atoms with Crippen molar-refractivity contribution in [2.75, 3.05) is 13.1 Å². The third-order valence-corrected chi connectivity index (χ3v) is 4.71. The zero-order valence-corrected chi connectivity index (χ0v) is 13.8. The minimum absolute atomic E-state index is 0.0184. The first-order chi connectivity index (χ1) is 11.3. The number of rotatable bonds is 5. The highest BCUT2D eigenvalue weighted by Crippen LogP contribution is 2.21. The highest BCUT2D eigenvalue weighted by atomic mass is 32.1. The number of carbonyl (C=O) groups is 1. The van der Waals surface area contributed by atoms with Gasteiger partial charge in [-0.3, -0.25) is 4.98 Å². The second kappa shape index (κ2) is 7.41. The van der Waals surface area contributed by atoms with Crippen LogP contribution in [0.15, 0.2) is 36.1 Å². The van der Waals surface area contributed by atoms with Crippen molar-refractivity contribution in [1.82, 2.24) is 20.2 Å². The van der Waals surface area contributed by atoms with E-state index in [-0.39, 0.29) is 18.2 Å². The number of urea groups is 1. The Morgan fingerprint density at radius 1 is 1.57 bits per heavy atom. The molecule has 0 aliphatic carbocycles. The first-order valence-corrected chi connectivity index (χ1v) is 8.65. The number of hydrogen-bond donors (Lipinski definition) is 1. The molecule has 1 saturated heterocycles. The molecule has 2 amide bonds. The number of hydrogen-bond acceptors (Lipinski definition) is 5. The molecule has 122 valence electrons. The summed E-state index contributed by atoms with van der Waals surface area (Å²) in [5.74, 6) is 0.744. The van der Waals surface area contributed by atoms with Crippen LogP contribution in [0.4, 0.5) is 4.79 Å². The van der Waals surface area contributed by atoms with Crippen LogP contribution in [-0.2, 0) is 0 Å². The van der Waals surface area contributed by atoms with Crippen LogP contribution in [0, 0.1) is 0 Å². The summed E-state index contributed by atoms with van der Waals surface area (Å²) in [5, 5.41) is 5.94. The lowest BCUT2D eigenvalue weighted by molar-refractivity contribution is 0.184. The second-order valence-electron chi connectivity index (χ2n) is 5.44. The predicted octanol–water partition coefficient (Wildman–Crippen LogP) is 2.85. The molecule has 0 radical (unpaired) electrons. The van der Waals surface area contributed by atoms with Crippen LogP contribution in [-0.4, -0.2) is 40.1 Å². The van der Waals surface area contributed by atoms with Gasteiger partial charge in [-0.25, -0.2) is 9.78 Å². The van der Waals surface area contributed by atoms with Crippen molar-refractivity contribution < 1.29 is 9.53 Å². The number of nitrogens with zero attached hydrogens (tertiary/aromatic N) is 3. The van der Waals surface area contributed by atoms with Gasteiger partial charge in [-0.1, -0.05) is 6.92 Å². The van der Waals surface area contributed by atoms with E-state index in [0.717, 1.165) is 23.6 Å². The third kappa shape index (κ3) is 3.98. The third-order valence-electron chi connectivity index (χ3n) is 3.82. The Labute approximate surface area is 139 Å². The Balaban J connectivity index is 1.53. The smallest absolute Gasteiger partial charge is 0.318 e. The molecule has 7 heteroatoms. The lowest BCUT2D eigenvalue weighted by Gasteiger charge is -2.21. The fourth-order valence-electron chi connectivity index (χ4n) is 2.60. The number of likely N-dealkylation sites (tertiary alicyclic amines) is 1. The Morgan fingerprint density at radius 2 is 2.48 bits per heavy atom. The molecule has 0 aromatic carbocycles. The maximum Gasteiger partial charge on any atom is 0.318 e. The van der Waals surface area contributed by atoms with E-state index in [0.29, 0.717) is 13.1 Å². The van der Waals surface area contributed by atoms with Crippen molar-refractivity contribution in [1.29, 1.82) is 0 Å². The van der Waals surface area contributed by atoms with Crippen molar-refractivity contribution in [3.63, 3.8) is 0 Å². The minimum atomic E-state index is -0.0515. The van der Waals surface area contributed by atoms with Gasteiger partial charge in [-0.2, -0.15) is 0 Å². The molecule has 2 aromatic rings. The lowest BCUT2D eigenvalue weighted by Crippen LogP contribution is -2.41. The van der Waals surface area contributed by atoms with E-state index in [1.54, 1.807) is 34.8 Å². The molecule has 1 aliphatic heterocycles. The summed E-state index contributed by atoms with van der Waals surface area (Å²) >= 11 is 1.57. The van der Waals surface area contributed by atoms with Gasteiger partial charge < -0.3 is 15.0 Å². The van der Waals surface area contributed by atoms with Crippen molar-refractivity contribution in [3.05, 3.63) is 41.1 Å². The molecular weight excluding hydrogens is 312 g/mol. The Bertz CT molecular complexity index is 620. The fourth-order valence-corrected chi connectivity index (χ4v) is 3.38. The van der Waals surface area contributed by atoms with E-state index in [4.69, 9.17) is 4.74 Å². The number of ether oxygens (including phenoxy) is 1. The van der Waals surface area contributed by atoms with Crippen LogP contribution in [0.2, 0.25) is 0 Å². The van der Waals surface area contributed by atoms with Crippen molar-refractivity contribution in [3.8, 4) is 5.75 Å². The standard InChI is InChI=1S/C16H20N4O2S/c1-2-14(15-18-7-9-23-15)19-16(21)20-8-5-13(11-20)22-12-4-3-6-17-10-12/h3-4,6-7,9-10,13-14H,2,5,8,11H2,1H3,(H,19,21). The van der Waals surface area contributed by atoms with E-state index in [1.165, 1.54) is 0 Å². The van der Waals surface area contributed by atoms with Crippen molar-refractivity contribution >= 4 is 17.4 Å². The molecule has 0 bridgehead atoms. The number of carbonyl (C=O) groups excluding carboxylic acids is 1. The summed E-state index contributed by atoms with van der Waals surface area (Å²) < 4.78 is 5.86. The lowest BCUT2D eigenvalue weighted by atomic mass is 10.2. The summed E-state index contributed by atoms with van der Waals surface area (Å²) in [6.07, 6.45) is 6.84. The van der Waals surface area contributed by atoms with E-state index in [9.17, 15) is 4.79 Å². The van der Waals surface area contributed by atoms with Gasteiger partial charge in [-0.05, 0) is 18.6 Å². The predicted molar refractivity (Wildman–Crippen MR) is 88.5 cm³/mol. The largest absolute Gasteiger partial charge is 0.487 e. The molecule has 0 saturated carbocycles. The Morgan fingerprint density at radius 3 is 3.17 bits per heavy atom. The van der Waals surface area contributed by atoms with E-state index >= 15 is 0 Å². The second-order valence-corrected chi connectivity index (χ2v) is 6.37. The van der Waals surface area contributed by atoms with Crippen LogP contribution in [0.1, 0.15) is 30.8 Å². The van der Waals surface area contributed by atoms with Crippen LogP contribution in [0.5, 0.6) is 5.75 Å². The molecule has 0 spiro atoms. The van der Waals surface area contributed by atoms with Gasteiger partial charge in [-0.15, -0.1) is 11.3 Å². The topological polar surface area (TPSA) is 67.4 Å². The SMILES string of the molecule is CCC(NC(=O)N1CCC(Oc2cccnc2)C1)c1nccs1. The van der Waals surface area contributed by atoms with E-state index in [1.807, 2.05) is 24.4 Å². The summed E-state index contributed by atoms with van der Waals surface area (Å²) in [6, 6.07) is 3.64. The first kappa shape index (κ1) is 15.7. The summed E-state index contributed by atoms with van der Waals surface area (Å²) in [4.78, 5) is 22.6. The van der Waals surface area contributed by atoms with Crippen LogP contribution < -0.4 is 10.1 Å². The van der Waals surface area contributed by atoms with E-state index in [2.05, 4.69) is 15.3 Å². The Kier molecular flexibility index (Phi) is 5.07. The minimum Gasteiger partial charge on any atom is -0.487 e. The molecule has 23 heavy (non-hydrogen) atoms. The van der Waals surface area contributed by atoms with Gasteiger partial charge >= 0.3 is 6.03 Å². The molecule has 1 N–H and O–H groups in total. The van der Waals surface area contributed by atoms with Gasteiger partial charge in [0, 0.05) is 30.7 Å². The molecule has 1 aliphatic rings. The highest BCUT2D eigenvalue weighted by molar-refractivity contribution is 7.09. The van der Waals surface area contributed by atoms with E-state index < -0.39 is 0 Å².